The lowest BCUT2D eigenvalue weighted by atomic mass is 10.0. The number of nitrogens with zero attached hydrogens (tertiary/aromatic N) is 1. The van der Waals surface area contributed by atoms with Gasteiger partial charge in [-0.05, 0) is 31.4 Å². The summed E-state index contributed by atoms with van der Waals surface area (Å²) in [6.45, 7) is 5.45. The van der Waals surface area contributed by atoms with E-state index in [-0.39, 0.29) is 17.9 Å². The summed E-state index contributed by atoms with van der Waals surface area (Å²) in [5.74, 6) is 0.0704. The summed E-state index contributed by atoms with van der Waals surface area (Å²) < 4.78 is 0. The monoisotopic (exact) mass is 289 g/mol. The molecule has 0 aliphatic carbocycles. The molecule has 1 aromatic carbocycles. The van der Waals surface area contributed by atoms with Crippen LogP contribution in [0.5, 0.6) is 0 Å². The van der Waals surface area contributed by atoms with Crippen molar-refractivity contribution in [1.82, 2.24) is 10.2 Å². The number of hydrogen-bond acceptors (Lipinski definition) is 3. The fourth-order valence-electron chi connectivity index (χ4n) is 2.94. The van der Waals surface area contributed by atoms with Gasteiger partial charge in [-0.1, -0.05) is 37.3 Å². The predicted octanol–water partition coefficient (Wildman–Crippen LogP) is 1.75. The number of nitrogens with two attached hydrogens (primary N) is 1. The summed E-state index contributed by atoms with van der Waals surface area (Å²) in [5.41, 5.74) is 6.98. The molecule has 21 heavy (non-hydrogen) atoms. The third kappa shape index (κ3) is 4.83. The molecule has 1 fully saturated rings. The average Bonchev–Trinajstić information content (AvgIpc) is 2.50. The molecule has 1 aromatic rings. The quantitative estimate of drug-likeness (QED) is 0.839. The fourth-order valence-corrected chi connectivity index (χ4v) is 2.94. The van der Waals surface area contributed by atoms with E-state index in [1.807, 2.05) is 13.0 Å². The zero-order chi connectivity index (χ0) is 15.1. The van der Waals surface area contributed by atoms with Gasteiger partial charge in [-0.3, -0.25) is 9.69 Å². The van der Waals surface area contributed by atoms with Gasteiger partial charge in [0.15, 0.2) is 0 Å². The third-order valence-corrected chi connectivity index (χ3v) is 4.25. The van der Waals surface area contributed by atoms with Gasteiger partial charge in [0.2, 0.25) is 5.91 Å². The molecule has 2 rings (SSSR count). The van der Waals surface area contributed by atoms with Crippen LogP contribution >= 0.6 is 0 Å². The minimum atomic E-state index is -0.0468. The fraction of sp³-hybridized carbons (Fsp3) is 0.588. The maximum Gasteiger partial charge on any atom is 0.224 e. The van der Waals surface area contributed by atoms with Crippen LogP contribution in [0.25, 0.3) is 0 Å². The topological polar surface area (TPSA) is 58.4 Å². The summed E-state index contributed by atoms with van der Waals surface area (Å²) in [6.07, 6.45) is 3.01. The lowest BCUT2D eigenvalue weighted by Gasteiger charge is -2.33. The zero-order valence-electron chi connectivity index (χ0n) is 12.9. The summed E-state index contributed by atoms with van der Waals surface area (Å²) in [4.78, 5) is 14.6. The van der Waals surface area contributed by atoms with Crippen LogP contribution in [-0.2, 0) is 11.3 Å². The van der Waals surface area contributed by atoms with Gasteiger partial charge < -0.3 is 11.1 Å². The lowest BCUT2D eigenvalue weighted by molar-refractivity contribution is -0.125. The Morgan fingerprint density at radius 3 is 2.86 bits per heavy atom. The Bertz CT molecular complexity index is 431. The first-order chi connectivity index (χ1) is 10.2. The summed E-state index contributed by atoms with van der Waals surface area (Å²) in [5, 5.41) is 3.18. The highest BCUT2D eigenvalue weighted by atomic mass is 16.2. The summed E-state index contributed by atoms with van der Waals surface area (Å²) >= 11 is 0. The van der Waals surface area contributed by atoms with E-state index in [4.69, 9.17) is 5.73 Å². The van der Waals surface area contributed by atoms with Crippen LogP contribution in [-0.4, -0.2) is 36.5 Å². The molecule has 1 aliphatic rings. The van der Waals surface area contributed by atoms with Crippen molar-refractivity contribution in [2.45, 2.75) is 38.8 Å². The molecule has 0 radical (unpaired) electrons. The Labute approximate surface area is 127 Å². The molecule has 0 saturated carbocycles. The molecule has 4 heteroatoms. The Balaban J connectivity index is 1.84. The van der Waals surface area contributed by atoms with Gasteiger partial charge in [0, 0.05) is 31.6 Å². The van der Waals surface area contributed by atoms with Gasteiger partial charge in [-0.15, -0.1) is 0 Å². The number of carbonyl (C=O) groups is 1. The van der Waals surface area contributed by atoms with Crippen molar-refractivity contribution in [2.75, 3.05) is 19.6 Å². The van der Waals surface area contributed by atoms with Crippen LogP contribution in [0.15, 0.2) is 30.3 Å². The van der Waals surface area contributed by atoms with E-state index in [1.54, 1.807) is 0 Å². The van der Waals surface area contributed by atoms with Crippen molar-refractivity contribution in [3.8, 4) is 0 Å². The van der Waals surface area contributed by atoms with Gasteiger partial charge in [-0.2, -0.15) is 0 Å². The Kier molecular flexibility index (Phi) is 6.21. The largest absolute Gasteiger partial charge is 0.352 e. The molecule has 0 aromatic heterocycles. The van der Waals surface area contributed by atoms with E-state index < -0.39 is 0 Å². The van der Waals surface area contributed by atoms with Crippen molar-refractivity contribution < 1.29 is 4.79 Å². The van der Waals surface area contributed by atoms with Gasteiger partial charge in [0.05, 0.1) is 0 Å². The number of nitrogens with one attached hydrogen (secondary N) is 1. The Morgan fingerprint density at radius 2 is 2.19 bits per heavy atom. The van der Waals surface area contributed by atoms with Crippen LogP contribution < -0.4 is 11.1 Å². The number of piperidine rings is 1. The van der Waals surface area contributed by atoms with Gasteiger partial charge >= 0.3 is 0 Å². The Morgan fingerprint density at radius 1 is 1.43 bits per heavy atom. The molecule has 4 nitrogen and oxygen atoms in total. The van der Waals surface area contributed by atoms with E-state index in [9.17, 15) is 4.79 Å². The number of rotatable bonds is 6. The van der Waals surface area contributed by atoms with E-state index in [2.05, 4.69) is 34.5 Å². The molecule has 2 unspecified atom stereocenters. The Hall–Kier alpha value is -1.39. The van der Waals surface area contributed by atoms with Crippen molar-refractivity contribution in [3.05, 3.63) is 35.9 Å². The van der Waals surface area contributed by atoms with Crippen LogP contribution in [0.4, 0.5) is 0 Å². The minimum absolute atomic E-state index is 0.0468. The minimum Gasteiger partial charge on any atom is -0.352 e. The smallest absolute Gasteiger partial charge is 0.224 e. The maximum atomic E-state index is 12.1. The van der Waals surface area contributed by atoms with E-state index in [1.165, 1.54) is 5.56 Å². The highest BCUT2D eigenvalue weighted by molar-refractivity contribution is 5.79. The zero-order valence-corrected chi connectivity index (χ0v) is 12.9. The molecular weight excluding hydrogens is 262 g/mol. The molecule has 2 atom stereocenters. The van der Waals surface area contributed by atoms with Gasteiger partial charge in [0.25, 0.3) is 0 Å². The second kappa shape index (κ2) is 8.15. The lowest BCUT2D eigenvalue weighted by Crippen LogP contribution is -2.49. The number of benzene rings is 1. The third-order valence-electron chi connectivity index (χ3n) is 4.25. The molecular formula is C17H27N3O. The van der Waals surface area contributed by atoms with Crippen molar-refractivity contribution in [1.29, 1.82) is 0 Å². The predicted molar refractivity (Wildman–Crippen MR) is 85.7 cm³/mol. The highest BCUT2D eigenvalue weighted by Crippen LogP contribution is 2.14. The van der Waals surface area contributed by atoms with E-state index in [0.717, 1.165) is 38.9 Å². The van der Waals surface area contributed by atoms with Crippen LogP contribution in [0.3, 0.4) is 0 Å². The second-order valence-corrected chi connectivity index (χ2v) is 5.91. The molecule has 1 heterocycles. The first-order valence-electron chi connectivity index (χ1n) is 7.99. The van der Waals surface area contributed by atoms with Crippen LogP contribution in [0.2, 0.25) is 0 Å². The summed E-state index contributed by atoms with van der Waals surface area (Å²) in [6, 6.07) is 10.8. The molecule has 116 valence electrons. The van der Waals surface area contributed by atoms with Crippen LogP contribution in [0.1, 0.15) is 31.7 Å². The summed E-state index contributed by atoms with van der Waals surface area (Å²) in [7, 11) is 0. The van der Waals surface area contributed by atoms with Crippen molar-refractivity contribution >= 4 is 5.91 Å². The average molecular weight is 289 g/mol. The molecule has 0 spiro atoms. The first kappa shape index (κ1) is 16.0. The highest BCUT2D eigenvalue weighted by Gasteiger charge is 2.23. The number of carbonyl (C=O) groups excluding carboxylic acids is 1. The van der Waals surface area contributed by atoms with E-state index in [0.29, 0.717) is 6.54 Å². The first-order valence-corrected chi connectivity index (χ1v) is 7.99. The van der Waals surface area contributed by atoms with Crippen molar-refractivity contribution in [2.24, 2.45) is 11.7 Å². The molecule has 3 N–H and O–H groups in total. The maximum absolute atomic E-state index is 12.1. The normalized spacial score (nSPS) is 21.0. The standard InChI is InChI=1S/C17H27N3O/c1-2-15(11-18)17(21)19-16-9-6-10-20(13-16)12-14-7-4-3-5-8-14/h3-5,7-8,15-16H,2,6,9-13,18H2,1H3,(H,19,21). The molecule has 1 saturated heterocycles. The van der Waals surface area contributed by atoms with Crippen LogP contribution in [0, 0.1) is 5.92 Å². The van der Waals surface area contributed by atoms with E-state index >= 15 is 0 Å². The number of hydrogen-bond donors (Lipinski definition) is 2. The van der Waals surface area contributed by atoms with Crippen molar-refractivity contribution in [3.63, 3.8) is 0 Å². The second-order valence-electron chi connectivity index (χ2n) is 5.91. The number of amides is 1. The molecule has 1 amide bonds. The SMILES string of the molecule is CCC(CN)C(=O)NC1CCCN(Cc2ccccc2)C1. The molecule has 0 bridgehead atoms. The van der Waals surface area contributed by atoms with Gasteiger partial charge in [0.1, 0.15) is 0 Å². The van der Waals surface area contributed by atoms with Gasteiger partial charge in [-0.25, -0.2) is 0 Å². The molecule has 1 aliphatic heterocycles. The number of likely N-dealkylation sites (tertiary alicyclic amines) is 1.